The monoisotopic (exact) mass is 256 g/mol. The van der Waals surface area contributed by atoms with E-state index in [0.717, 1.165) is 45.6 Å². The summed E-state index contributed by atoms with van der Waals surface area (Å²) in [6, 6.07) is 0.587. The first-order chi connectivity index (χ1) is 8.67. The third-order valence-electron chi connectivity index (χ3n) is 4.00. The standard InChI is InChI=1S/C14H28N2O2/c1-4-16-5-6-17-14(10-16)9-15-13-7-11(2)18-12(3)8-13/h11-15H,4-10H2,1-3H3. The minimum atomic E-state index is 0.354. The molecule has 0 amide bonds. The minimum absolute atomic E-state index is 0.354. The van der Waals surface area contributed by atoms with Crippen molar-refractivity contribution in [1.82, 2.24) is 10.2 Å². The number of nitrogens with one attached hydrogen (secondary N) is 1. The lowest BCUT2D eigenvalue weighted by Gasteiger charge is -2.36. The number of nitrogens with zero attached hydrogens (tertiary/aromatic N) is 1. The van der Waals surface area contributed by atoms with E-state index in [1.165, 1.54) is 0 Å². The van der Waals surface area contributed by atoms with Gasteiger partial charge in [-0.25, -0.2) is 0 Å². The third-order valence-corrected chi connectivity index (χ3v) is 4.00. The Hall–Kier alpha value is -0.160. The van der Waals surface area contributed by atoms with Crippen LogP contribution in [0.2, 0.25) is 0 Å². The Morgan fingerprint density at radius 2 is 1.94 bits per heavy atom. The van der Waals surface area contributed by atoms with Crippen molar-refractivity contribution in [1.29, 1.82) is 0 Å². The quantitative estimate of drug-likeness (QED) is 0.821. The molecule has 18 heavy (non-hydrogen) atoms. The molecule has 3 unspecified atom stereocenters. The van der Waals surface area contributed by atoms with E-state index in [2.05, 4.69) is 31.0 Å². The molecule has 0 aromatic rings. The summed E-state index contributed by atoms with van der Waals surface area (Å²) < 4.78 is 11.6. The maximum Gasteiger partial charge on any atom is 0.0826 e. The molecule has 0 bridgehead atoms. The van der Waals surface area contributed by atoms with Crippen molar-refractivity contribution in [2.75, 3.05) is 32.8 Å². The Bertz CT molecular complexity index is 240. The van der Waals surface area contributed by atoms with Gasteiger partial charge in [0.05, 0.1) is 24.9 Å². The number of morpholine rings is 1. The maximum atomic E-state index is 5.82. The van der Waals surface area contributed by atoms with Gasteiger partial charge in [-0.1, -0.05) is 6.92 Å². The molecule has 4 heteroatoms. The maximum absolute atomic E-state index is 5.82. The van der Waals surface area contributed by atoms with Gasteiger partial charge in [-0.3, -0.25) is 4.90 Å². The highest BCUT2D eigenvalue weighted by atomic mass is 16.5. The molecule has 0 spiro atoms. The lowest BCUT2D eigenvalue weighted by atomic mass is 9.99. The van der Waals surface area contributed by atoms with Crippen molar-refractivity contribution in [2.24, 2.45) is 0 Å². The summed E-state index contributed by atoms with van der Waals surface area (Å²) in [4.78, 5) is 2.46. The summed E-state index contributed by atoms with van der Waals surface area (Å²) in [5.74, 6) is 0. The van der Waals surface area contributed by atoms with Gasteiger partial charge in [0, 0.05) is 25.7 Å². The predicted octanol–water partition coefficient (Wildman–Crippen LogP) is 1.25. The molecule has 2 rings (SSSR count). The minimum Gasteiger partial charge on any atom is -0.375 e. The van der Waals surface area contributed by atoms with E-state index >= 15 is 0 Å². The molecule has 2 fully saturated rings. The lowest BCUT2D eigenvalue weighted by Crippen LogP contribution is -2.50. The Balaban J connectivity index is 1.70. The van der Waals surface area contributed by atoms with E-state index in [4.69, 9.17) is 9.47 Å². The van der Waals surface area contributed by atoms with Crippen LogP contribution in [0.1, 0.15) is 33.6 Å². The molecule has 0 aliphatic carbocycles. The van der Waals surface area contributed by atoms with E-state index in [1.54, 1.807) is 0 Å². The summed E-state index contributed by atoms with van der Waals surface area (Å²) >= 11 is 0. The van der Waals surface area contributed by atoms with E-state index in [-0.39, 0.29) is 0 Å². The molecule has 0 saturated carbocycles. The first-order valence-electron chi connectivity index (χ1n) is 7.40. The summed E-state index contributed by atoms with van der Waals surface area (Å²) in [5.41, 5.74) is 0. The number of hydrogen-bond donors (Lipinski definition) is 1. The summed E-state index contributed by atoms with van der Waals surface area (Å²) in [6.07, 6.45) is 3.35. The van der Waals surface area contributed by atoms with Gasteiger partial charge in [0.25, 0.3) is 0 Å². The van der Waals surface area contributed by atoms with Crippen LogP contribution in [0.25, 0.3) is 0 Å². The number of rotatable bonds is 4. The normalized spacial score (nSPS) is 38.8. The van der Waals surface area contributed by atoms with E-state index in [0.29, 0.717) is 24.4 Å². The van der Waals surface area contributed by atoms with Crippen molar-refractivity contribution in [3.05, 3.63) is 0 Å². The molecule has 0 aromatic heterocycles. The third kappa shape index (κ3) is 4.19. The van der Waals surface area contributed by atoms with Gasteiger partial charge >= 0.3 is 0 Å². The van der Waals surface area contributed by atoms with Gasteiger partial charge in [0.1, 0.15) is 0 Å². The molecule has 2 aliphatic heterocycles. The fraction of sp³-hybridized carbons (Fsp3) is 1.00. The second-order valence-corrected chi connectivity index (χ2v) is 5.72. The molecule has 0 aromatic carbocycles. The van der Waals surface area contributed by atoms with Gasteiger partial charge in [0.15, 0.2) is 0 Å². The topological polar surface area (TPSA) is 33.7 Å². The zero-order valence-corrected chi connectivity index (χ0v) is 12.0. The van der Waals surface area contributed by atoms with Crippen LogP contribution in [-0.2, 0) is 9.47 Å². The SMILES string of the molecule is CCN1CCOC(CNC2CC(C)OC(C)C2)C1. The zero-order chi connectivity index (χ0) is 13.0. The van der Waals surface area contributed by atoms with Crippen molar-refractivity contribution in [2.45, 2.75) is 58.0 Å². The average Bonchev–Trinajstić information content (AvgIpc) is 2.35. The number of likely N-dealkylation sites (N-methyl/N-ethyl adjacent to an activating group) is 1. The molecule has 2 aliphatic rings. The van der Waals surface area contributed by atoms with Crippen LogP contribution in [0.5, 0.6) is 0 Å². The Morgan fingerprint density at radius 1 is 1.22 bits per heavy atom. The van der Waals surface area contributed by atoms with Gasteiger partial charge in [-0.15, -0.1) is 0 Å². The summed E-state index contributed by atoms with van der Waals surface area (Å²) in [5, 5.41) is 3.67. The Labute approximate surface area is 111 Å². The highest BCUT2D eigenvalue weighted by Gasteiger charge is 2.26. The second-order valence-electron chi connectivity index (χ2n) is 5.72. The van der Waals surface area contributed by atoms with Crippen LogP contribution >= 0.6 is 0 Å². The fourth-order valence-electron chi connectivity index (χ4n) is 3.06. The van der Waals surface area contributed by atoms with Crippen LogP contribution in [0, 0.1) is 0 Å². The van der Waals surface area contributed by atoms with Crippen molar-refractivity contribution >= 4 is 0 Å². The number of ether oxygens (including phenoxy) is 2. The molecule has 106 valence electrons. The smallest absolute Gasteiger partial charge is 0.0826 e. The van der Waals surface area contributed by atoms with Crippen LogP contribution < -0.4 is 5.32 Å². The highest BCUT2D eigenvalue weighted by molar-refractivity contribution is 4.81. The van der Waals surface area contributed by atoms with Gasteiger partial charge in [-0.2, -0.15) is 0 Å². The van der Waals surface area contributed by atoms with Crippen molar-refractivity contribution in [3.63, 3.8) is 0 Å². The van der Waals surface area contributed by atoms with Gasteiger partial charge in [-0.05, 0) is 33.2 Å². The van der Waals surface area contributed by atoms with Gasteiger partial charge < -0.3 is 14.8 Å². The molecular formula is C14H28N2O2. The molecule has 4 nitrogen and oxygen atoms in total. The van der Waals surface area contributed by atoms with Crippen LogP contribution in [0.4, 0.5) is 0 Å². The molecule has 2 saturated heterocycles. The van der Waals surface area contributed by atoms with E-state index in [9.17, 15) is 0 Å². The second kappa shape index (κ2) is 6.85. The molecule has 2 heterocycles. The zero-order valence-electron chi connectivity index (χ0n) is 12.0. The lowest BCUT2D eigenvalue weighted by molar-refractivity contribution is -0.0514. The molecule has 3 atom stereocenters. The van der Waals surface area contributed by atoms with E-state index < -0.39 is 0 Å². The highest BCUT2D eigenvalue weighted by Crippen LogP contribution is 2.19. The Kier molecular flexibility index (Phi) is 5.42. The molecule has 0 radical (unpaired) electrons. The summed E-state index contributed by atoms with van der Waals surface area (Å²) in [6.45, 7) is 11.7. The average molecular weight is 256 g/mol. The van der Waals surface area contributed by atoms with Crippen molar-refractivity contribution in [3.8, 4) is 0 Å². The molecule has 1 N–H and O–H groups in total. The van der Waals surface area contributed by atoms with E-state index in [1.807, 2.05) is 0 Å². The van der Waals surface area contributed by atoms with Crippen LogP contribution in [-0.4, -0.2) is 62.0 Å². The Morgan fingerprint density at radius 3 is 2.61 bits per heavy atom. The largest absolute Gasteiger partial charge is 0.375 e. The van der Waals surface area contributed by atoms with Gasteiger partial charge in [0.2, 0.25) is 0 Å². The number of hydrogen-bond acceptors (Lipinski definition) is 4. The van der Waals surface area contributed by atoms with Crippen LogP contribution in [0.15, 0.2) is 0 Å². The first-order valence-corrected chi connectivity index (χ1v) is 7.40. The summed E-state index contributed by atoms with van der Waals surface area (Å²) in [7, 11) is 0. The predicted molar refractivity (Wildman–Crippen MR) is 72.9 cm³/mol. The molecular weight excluding hydrogens is 228 g/mol. The fourth-order valence-corrected chi connectivity index (χ4v) is 3.06. The first kappa shape index (κ1) is 14.3. The van der Waals surface area contributed by atoms with Crippen molar-refractivity contribution < 1.29 is 9.47 Å². The van der Waals surface area contributed by atoms with Crippen LogP contribution in [0.3, 0.4) is 0 Å².